The van der Waals surface area contributed by atoms with E-state index in [9.17, 15) is 0 Å². The average molecular weight is 307 g/mol. The van der Waals surface area contributed by atoms with Gasteiger partial charge in [0.05, 0.1) is 5.69 Å². The summed E-state index contributed by atoms with van der Waals surface area (Å²) in [6, 6.07) is 13.3. The number of hydrogen-bond acceptors (Lipinski definition) is 1. The Morgan fingerprint density at radius 1 is 0.917 bits per heavy atom. The van der Waals surface area contributed by atoms with E-state index in [2.05, 4.69) is 78.7 Å². The van der Waals surface area contributed by atoms with E-state index in [4.69, 9.17) is 0 Å². The first kappa shape index (κ1) is 13.5. The van der Waals surface area contributed by atoms with Crippen LogP contribution >= 0.6 is 0 Å². The molecule has 0 fully saturated rings. The smallest absolute Gasteiger partial charge is 0.0708 e. The van der Waals surface area contributed by atoms with Gasteiger partial charge in [-0.3, -0.25) is 4.98 Å². The van der Waals surface area contributed by atoms with Crippen molar-refractivity contribution in [3.8, 4) is 0 Å². The van der Waals surface area contributed by atoms with Crippen LogP contribution in [0, 0.1) is 6.92 Å². The van der Waals surface area contributed by atoms with Crippen LogP contribution in [-0.4, -0.2) is 4.98 Å². The Morgan fingerprint density at radius 3 is 2.71 bits per heavy atom. The number of nitrogens with zero attached hydrogens (tertiary/aromatic N) is 1. The third kappa shape index (κ3) is 1.91. The molecule has 0 N–H and O–H groups in total. The molecule has 0 radical (unpaired) electrons. The molecule has 5 rings (SSSR count). The molecule has 1 nitrogen and oxygen atoms in total. The summed E-state index contributed by atoms with van der Waals surface area (Å²) < 4.78 is 0. The van der Waals surface area contributed by atoms with Gasteiger partial charge in [-0.2, -0.15) is 0 Å². The highest BCUT2D eigenvalue weighted by Gasteiger charge is 2.13. The zero-order valence-electron chi connectivity index (χ0n) is 13.6. The Bertz CT molecular complexity index is 1160. The zero-order valence-corrected chi connectivity index (χ0v) is 13.6. The van der Waals surface area contributed by atoms with Crippen molar-refractivity contribution in [2.24, 2.45) is 0 Å². The van der Waals surface area contributed by atoms with Crippen molar-refractivity contribution in [2.45, 2.75) is 13.3 Å². The molecule has 0 aliphatic heterocycles. The Kier molecular flexibility index (Phi) is 2.83. The van der Waals surface area contributed by atoms with Crippen LogP contribution in [-0.2, 0) is 6.42 Å². The number of hydrogen-bond donors (Lipinski definition) is 0. The first-order valence-corrected chi connectivity index (χ1v) is 8.38. The predicted octanol–water partition coefficient (Wildman–Crippen LogP) is 3.66. The van der Waals surface area contributed by atoms with Crippen LogP contribution in [0.15, 0.2) is 60.8 Å². The average Bonchev–Trinajstić information content (AvgIpc) is 3.06. The molecule has 0 amide bonds. The van der Waals surface area contributed by atoms with Crippen LogP contribution in [0.25, 0.3) is 28.5 Å². The molecule has 3 aromatic rings. The van der Waals surface area contributed by atoms with Crippen LogP contribution in [0.1, 0.15) is 22.4 Å². The predicted molar refractivity (Wildman–Crippen MR) is 101 cm³/mol. The van der Waals surface area contributed by atoms with Crippen LogP contribution in [0.2, 0.25) is 0 Å². The van der Waals surface area contributed by atoms with E-state index in [0.29, 0.717) is 0 Å². The molecule has 0 saturated carbocycles. The highest BCUT2D eigenvalue weighted by molar-refractivity contribution is 5.98. The molecule has 1 heterocycles. The fourth-order valence-electron chi connectivity index (χ4n) is 3.77. The van der Waals surface area contributed by atoms with Crippen molar-refractivity contribution >= 4 is 28.5 Å². The summed E-state index contributed by atoms with van der Waals surface area (Å²) in [7, 11) is 0. The molecule has 0 saturated heterocycles. The monoisotopic (exact) mass is 307 g/mol. The van der Waals surface area contributed by atoms with Gasteiger partial charge in [-0.25, -0.2) is 0 Å². The van der Waals surface area contributed by atoms with E-state index < -0.39 is 0 Å². The van der Waals surface area contributed by atoms with Gasteiger partial charge in [-0.15, -0.1) is 0 Å². The first-order valence-electron chi connectivity index (χ1n) is 8.38. The van der Waals surface area contributed by atoms with Crippen LogP contribution in [0.5, 0.6) is 0 Å². The van der Waals surface area contributed by atoms with E-state index in [1.54, 1.807) is 0 Å². The lowest BCUT2D eigenvalue weighted by atomic mass is 9.94. The molecule has 0 bridgehead atoms. The summed E-state index contributed by atoms with van der Waals surface area (Å²) in [6.45, 7) is 2.07. The quantitative estimate of drug-likeness (QED) is 0.668. The van der Waals surface area contributed by atoms with Gasteiger partial charge in [0.1, 0.15) is 0 Å². The fraction of sp³-hybridized carbons (Fsp3) is 0.0870. The van der Waals surface area contributed by atoms with Crippen molar-refractivity contribution in [3.05, 3.63) is 93.6 Å². The van der Waals surface area contributed by atoms with Gasteiger partial charge >= 0.3 is 0 Å². The van der Waals surface area contributed by atoms with Gasteiger partial charge in [-0.05, 0) is 57.3 Å². The largest absolute Gasteiger partial charge is 0.256 e. The van der Waals surface area contributed by atoms with Gasteiger partial charge in [0.2, 0.25) is 0 Å². The van der Waals surface area contributed by atoms with Crippen LogP contribution in [0.4, 0.5) is 0 Å². The van der Waals surface area contributed by atoms with E-state index in [0.717, 1.165) is 12.1 Å². The van der Waals surface area contributed by atoms with Crippen molar-refractivity contribution in [1.29, 1.82) is 0 Å². The minimum absolute atomic E-state index is 1.02. The molecule has 0 atom stereocenters. The standard InChI is InChI=1S/C23H17N/c1-15-6-13-23(24-14-15)22-12-11-20-19-8-7-16-4-2-3-5-17(16)18(19)9-10-21(20)22/h2-4,6-14H,5H2,1H3. The number of aryl methyl sites for hydroxylation is 1. The Labute approximate surface area is 141 Å². The highest BCUT2D eigenvalue weighted by atomic mass is 14.7. The molecule has 2 aliphatic rings. The van der Waals surface area contributed by atoms with Crippen molar-refractivity contribution in [2.75, 3.05) is 0 Å². The van der Waals surface area contributed by atoms with Crippen LogP contribution in [0.3, 0.4) is 0 Å². The summed E-state index contributed by atoms with van der Waals surface area (Å²) >= 11 is 0. The van der Waals surface area contributed by atoms with Crippen LogP contribution < -0.4 is 10.4 Å². The second kappa shape index (κ2) is 5.04. The maximum absolute atomic E-state index is 4.61. The molecular formula is C23H17N. The lowest BCUT2D eigenvalue weighted by Gasteiger charge is -2.10. The number of rotatable bonds is 1. The SMILES string of the molecule is Cc1ccc(C2=c3ccc4c5c(ccc4c3C=C2)=CC=CC5)nc1. The number of pyridine rings is 1. The Morgan fingerprint density at radius 2 is 1.83 bits per heavy atom. The summed E-state index contributed by atoms with van der Waals surface area (Å²) in [5.41, 5.74) is 6.21. The second-order valence-corrected chi connectivity index (χ2v) is 6.52. The summed E-state index contributed by atoms with van der Waals surface area (Å²) in [5, 5.41) is 5.34. The van der Waals surface area contributed by atoms with E-state index in [-0.39, 0.29) is 0 Å². The summed E-state index contributed by atoms with van der Waals surface area (Å²) in [4.78, 5) is 4.61. The van der Waals surface area contributed by atoms with E-state index in [1.807, 2.05) is 6.20 Å². The molecule has 24 heavy (non-hydrogen) atoms. The van der Waals surface area contributed by atoms with E-state index in [1.165, 1.54) is 43.5 Å². The van der Waals surface area contributed by atoms with Crippen molar-refractivity contribution in [3.63, 3.8) is 0 Å². The summed E-state index contributed by atoms with van der Waals surface area (Å²) in [5.74, 6) is 0. The van der Waals surface area contributed by atoms with Crippen molar-refractivity contribution < 1.29 is 0 Å². The molecule has 114 valence electrons. The Hall–Kier alpha value is -2.93. The minimum atomic E-state index is 1.02. The Balaban J connectivity index is 1.82. The molecule has 0 spiro atoms. The second-order valence-electron chi connectivity index (χ2n) is 6.52. The number of aromatic nitrogens is 1. The molecule has 0 unspecified atom stereocenters. The van der Waals surface area contributed by atoms with Gasteiger partial charge in [0.15, 0.2) is 0 Å². The van der Waals surface area contributed by atoms with Crippen molar-refractivity contribution in [1.82, 2.24) is 4.98 Å². The highest BCUT2D eigenvalue weighted by Crippen LogP contribution is 2.26. The molecule has 2 aliphatic carbocycles. The van der Waals surface area contributed by atoms with Gasteiger partial charge in [0.25, 0.3) is 0 Å². The topological polar surface area (TPSA) is 12.9 Å². The fourth-order valence-corrected chi connectivity index (χ4v) is 3.77. The third-order valence-electron chi connectivity index (χ3n) is 5.02. The molecule has 2 aromatic carbocycles. The number of allylic oxidation sites excluding steroid dienone is 3. The zero-order chi connectivity index (χ0) is 16.1. The minimum Gasteiger partial charge on any atom is -0.256 e. The maximum Gasteiger partial charge on any atom is 0.0708 e. The summed E-state index contributed by atoms with van der Waals surface area (Å²) in [6.07, 6.45) is 14.0. The first-order chi connectivity index (χ1) is 11.8. The lowest BCUT2D eigenvalue weighted by molar-refractivity contribution is 1.23. The maximum atomic E-state index is 4.61. The third-order valence-corrected chi connectivity index (χ3v) is 5.02. The molecule has 1 heteroatoms. The molecule has 1 aromatic heterocycles. The normalized spacial score (nSPS) is 14.6. The van der Waals surface area contributed by atoms with E-state index >= 15 is 0 Å². The number of benzene rings is 2. The molecular weight excluding hydrogens is 290 g/mol. The lowest BCUT2D eigenvalue weighted by Crippen LogP contribution is -2.14. The van der Waals surface area contributed by atoms with Gasteiger partial charge in [0, 0.05) is 11.8 Å². The van der Waals surface area contributed by atoms with Gasteiger partial charge in [-0.1, -0.05) is 60.7 Å². The van der Waals surface area contributed by atoms with Gasteiger partial charge < -0.3 is 0 Å². The number of fused-ring (bicyclic) bond motifs is 5.